The van der Waals surface area contributed by atoms with E-state index < -0.39 is 37.4 Å². The van der Waals surface area contributed by atoms with Gasteiger partial charge >= 0.3 is 5.97 Å². The number of carboxylic acids is 1. The van der Waals surface area contributed by atoms with Gasteiger partial charge in [-0.15, -0.1) is 0 Å². The van der Waals surface area contributed by atoms with Gasteiger partial charge in [0.15, 0.2) is 5.71 Å². The van der Waals surface area contributed by atoms with Crippen LogP contribution in [0.3, 0.4) is 0 Å². The monoisotopic (exact) mass is 462 g/mol. The normalized spacial score (nSPS) is 19.2. The maximum absolute atomic E-state index is 11.6. The average Bonchev–Trinajstić information content (AvgIpc) is 2.81. The Kier molecular flexibility index (Phi) is 7.44. The number of rotatable bonds is 11. The molecule has 168 valence electrons. The molecule has 0 bridgehead atoms. The molecule has 0 fully saturated rings. The van der Waals surface area contributed by atoms with Crippen molar-refractivity contribution < 1.29 is 40.4 Å². The summed E-state index contributed by atoms with van der Waals surface area (Å²) in [4.78, 5) is 10.4. The Hall–Kier alpha value is -1.82. The van der Waals surface area contributed by atoms with Gasteiger partial charge < -0.3 is 5.11 Å². The zero-order valence-corrected chi connectivity index (χ0v) is 18.7. The summed E-state index contributed by atoms with van der Waals surface area (Å²) in [5, 5.41) is 8.75. The molecule has 1 aromatic rings. The molecule has 9 nitrogen and oxygen atoms in total. The average molecular weight is 463 g/mol. The van der Waals surface area contributed by atoms with Crippen molar-refractivity contribution in [3.8, 4) is 0 Å². The fraction of sp³-hybridized carbons (Fsp3) is 0.579. The van der Waals surface area contributed by atoms with Crippen molar-refractivity contribution in [1.82, 2.24) is 0 Å². The largest absolute Gasteiger partial charge is 0.481 e. The first-order valence-electron chi connectivity index (χ1n) is 9.66. The van der Waals surface area contributed by atoms with E-state index in [1.165, 1.54) is 12.1 Å². The van der Waals surface area contributed by atoms with Crippen LogP contribution in [0.2, 0.25) is 0 Å². The molecule has 1 aliphatic rings. The number of aliphatic carboxylic acids is 1. The first-order valence-corrected chi connectivity index (χ1v) is 12.7. The molecule has 0 aromatic heterocycles. The summed E-state index contributed by atoms with van der Waals surface area (Å²) < 4.78 is 66.0. The maximum Gasteiger partial charge on any atom is 0.303 e. The third-order valence-corrected chi connectivity index (χ3v) is 7.36. The number of nitrogens with zero attached hydrogens (tertiary/aromatic N) is 1. The van der Waals surface area contributed by atoms with Gasteiger partial charge in [0.25, 0.3) is 20.2 Å². The van der Waals surface area contributed by atoms with Crippen LogP contribution in [-0.4, -0.2) is 59.6 Å². The van der Waals surface area contributed by atoms with Crippen LogP contribution in [0.4, 0.5) is 5.69 Å². The fourth-order valence-corrected chi connectivity index (χ4v) is 4.98. The lowest BCUT2D eigenvalue weighted by molar-refractivity contribution is -0.439. The van der Waals surface area contributed by atoms with Gasteiger partial charge in [-0.25, -0.2) is 0 Å². The lowest BCUT2D eigenvalue weighted by Gasteiger charge is -2.22. The molecule has 0 aliphatic carbocycles. The Labute approximate surface area is 176 Å². The highest BCUT2D eigenvalue weighted by Crippen LogP contribution is 2.43. The molecule has 0 saturated carbocycles. The molecule has 1 aliphatic heterocycles. The van der Waals surface area contributed by atoms with Gasteiger partial charge in [-0.2, -0.15) is 21.4 Å². The van der Waals surface area contributed by atoms with Gasteiger partial charge in [-0.1, -0.05) is 0 Å². The van der Waals surface area contributed by atoms with Crippen molar-refractivity contribution in [3.05, 3.63) is 23.8 Å². The predicted octanol–water partition coefficient (Wildman–Crippen LogP) is 2.62. The van der Waals surface area contributed by atoms with Crippen molar-refractivity contribution in [2.75, 3.05) is 12.3 Å². The molecule has 1 aromatic carbocycles. The predicted molar refractivity (Wildman–Crippen MR) is 111 cm³/mol. The highest BCUT2D eigenvalue weighted by molar-refractivity contribution is 7.86. The van der Waals surface area contributed by atoms with E-state index in [9.17, 15) is 26.2 Å². The smallest absolute Gasteiger partial charge is 0.303 e. The lowest BCUT2D eigenvalue weighted by Crippen LogP contribution is -2.31. The molecule has 2 rings (SSSR count). The minimum Gasteiger partial charge on any atom is -0.481 e. The number of carbonyl (C=O) groups is 1. The summed E-state index contributed by atoms with van der Waals surface area (Å²) in [7, 11) is -8.52. The standard InChI is InChI=1S/C19H27NO8S2/c1-14-19(2,10-6-12-29(23,24)25)16-13-15(30(26,27)28)8-9-17(16)20(14)11-5-3-4-7-18(21)22/h8-9,13H,3-7,10-12H2,1-2H3,(H2-,21,22,23,24,25,26,27,28)/p+1. The Morgan fingerprint density at radius 2 is 1.73 bits per heavy atom. The third-order valence-electron chi connectivity index (χ3n) is 5.71. The van der Waals surface area contributed by atoms with Crippen molar-refractivity contribution >= 4 is 37.6 Å². The number of unbranched alkanes of at least 4 members (excludes halogenated alkanes) is 2. The zero-order chi connectivity index (χ0) is 22.7. The number of hydrogen-bond donors (Lipinski definition) is 3. The molecule has 30 heavy (non-hydrogen) atoms. The van der Waals surface area contributed by atoms with Crippen LogP contribution < -0.4 is 0 Å². The number of benzene rings is 1. The van der Waals surface area contributed by atoms with Gasteiger partial charge in [-0.3, -0.25) is 13.9 Å². The van der Waals surface area contributed by atoms with Gasteiger partial charge in [0.2, 0.25) is 5.69 Å². The molecule has 3 N–H and O–H groups in total. The molecule has 0 saturated heterocycles. The molecule has 1 heterocycles. The Morgan fingerprint density at radius 3 is 2.30 bits per heavy atom. The first-order chi connectivity index (χ1) is 13.8. The second-order valence-corrected chi connectivity index (χ2v) is 10.8. The molecule has 1 atom stereocenters. The zero-order valence-electron chi connectivity index (χ0n) is 17.0. The summed E-state index contributed by atoms with van der Waals surface area (Å²) >= 11 is 0. The van der Waals surface area contributed by atoms with Crippen LogP contribution in [0.25, 0.3) is 0 Å². The molecule has 11 heteroatoms. The van der Waals surface area contributed by atoms with E-state index in [4.69, 9.17) is 9.66 Å². The molecule has 0 spiro atoms. The third kappa shape index (κ3) is 5.87. The van der Waals surface area contributed by atoms with E-state index >= 15 is 0 Å². The van der Waals surface area contributed by atoms with Gasteiger partial charge in [0.05, 0.1) is 16.1 Å². The minimum absolute atomic E-state index is 0.102. The van der Waals surface area contributed by atoms with Crippen LogP contribution in [0.1, 0.15) is 57.9 Å². The molecule has 0 amide bonds. The van der Waals surface area contributed by atoms with Crippen molar-refractivity contribution in [2.45, 2.75) is 62.7 Å². The van der Waals surface area contributed by atoms with Crippen LogP contribution in [0, 0.1) is 0 Å². The van der Waals surface area contributed by atoms with E-state index in [1.54, 1.807) is 6.07 Å². The van der Waals surface area contributed by atoms with E-state index in [-0.39, 0.29) is 17.7 Å². The Morgan fingerprint density at radius 1 is 1.07 bits per heavy atom. The van der Waals surface area contributed by atoms with E-state index in [0.717, 1.165) is 17.8 Å². The quantitative estimate of drug-likeness (QED) is 0.258. The summed E-state index contributed by atoms with van der Waals surface area (Å²) in [6, 6.07) is 4.35. The van der Waals surface area contributed by atoms with Gasteiger partial charge in [-0.05, 0) is 44.7 Å². The second kappa shape index (κ2) is 9.13. The van der Waals surface area contributed by atoms with Crippen molar-refractivity contribution in [2.24, 2.45) is 0 Å². The minimum atomic E-state index is -4.40. The fourth-order valence-electron chi connectivity index (χ4n) is 3.96. The summed E-state index contributed by atoms with van der Waals surface area (Å²) in [5.74, 6) is -1.24. The van der Waals surface area contributed by atoms with Crippen LogP contribution >= 0.6 is 0 Å². The van der Waals surface area contributed by atoms with Crippen molar-refractivity contribution in [1.29, 1.82) is 0 Å². The SMILES string of the molecule is CC1=[N+](CCCCCC(=O)O)c2ccc(S(=O)(=O)O)cc2C1(C)CCCS(=O)(=O)O. The number of hydrogen-bond acceptors (Lipinski definition) is 5. The topological polar surface area (TPSA) is 149 Å². The number of carboxylic acid groups (broad SMARTS) is 1. The van der Waals surface area contributed by atoms with E-state index in [0.29, 0.717) is 31.4 Å². The van der Waals surface area contributed by atoms with Gasteiger partial charge in [0.1, 0.15) is 6.54 Å². The maximum atomic E-state index is 11.6. The summed E-state index contributed by atoms with van der Waals surface area (Å²) in [6.45, 7) is 4.36. The van der Waals surface area contributed by atoms with Crippen LogP contribution in [0.5, 0.6) is 0 Å². The second-order valence-electron chi connectivity index (χ2n) is 7.82. The van der Waals surface area contributed by atoms with E-state index in [2.05, 4.69) is 0 Å². The summed E-state index contributed by atoms with van der Waals surface area (Å²) in [5.41, 5.74) is 1.66. The number of fused-ring (bicyclic) bond motifs is 1. The molecule has 1 unspecified atom stereocenters. The first kappa shape index (κ1) is 24.4. The molecular weight excluding hydrogens is 434 g/mol. The highest BCUT2D eigenvalue weighted by Gasteiger charge is 2.46. The van der Waals surface area contributed by atoms with Crippen molar-refractivity contribution in [3.63, 3.8) is 0 Å². The lowest BCUT2D eigenvalue weighted by atomic mass is 9.76. The highest BCUT2D eigenvalue weighted by atomic mass is 32.2. The molecule has 0 radical (unpaired) electrons. The van der Waals surface area contributed by atoms with Crippen LogP contribution in [0.15, 0.2) is 23.1 Å². The van der Waals surface area contributed by atoms with E-state index in [1.807, 2.05) is 18.4 Å². The Bertz CT molecular complexity index is 1060. The Balaban J connectivity index is 2.34. The van der Waals surface area contributed by atoms with Crippen LogP contribution in [-0.2, 0) is 30.4 Å². The summed E-state index contributed by atoms with van der Waals surface area (Å²) in [6.07, 6.45) is 2.64. The van der Waals surface area contributed by atoms with Gasteiger partial charge in [0, 0.05) is 31.4 Å². The molecular formula is C19H28NO8S2+.